The number of thioether (sulfide) groups is 1. The fraction of sp³-hybridized carbons (Fsp3) is 0.231. The normalized spacial score (nSPS) is 13.0. The first kappa shape index (κ1) is 38.7. The van der Waals surface area contributed by atoms with Gasteiger partial charge in [-0.05, 0) is 61.0 Å². The molecule has 0 saturated carbocycles. The zero-order valence-corrected chi connectivity index (χ0v) is 31.6. The van der Waals surface area contributed by atoms with E-state index in [-0.39, 0.29) is 11.4 Å². The maximum absolute atomic E-state index is 13.1. The average Bonchev–Trinajstić information content (AvgIpc) is 3.20. The molecule has 1 aliphatic heterocycles. The topological polar surface area (TPSA) is 173 Å². The number of nitrogens with zero attached hydrogens (tertiary/aromatic N) is 6. The Morgan fingerprint density at radius 2 is 1.73 bits per heavy atom. The van der Waals surface area contributed by atoms with Crippen molar-refractivity contribution < 1.29 is 22.9 Å². The number of nitrogens with one attached hydrogen (secondary N) is 2. The summed E-state index contributed by atoms with van der Waals surface area (Å²) in [6, 6.07) is 26.1. The van der Waals surface area contributed by atoms with Gasteiger partial charge in [-0.1, -0.05) is 48.2 Å². The lowest BCUT2D eigenvalue weighted by Gasteiger charge is -2.35. The molecule has 1 amide bonds. The Morgan fingerprint density at radius 1 is 0.945 bits per heavy atom. The van der Waals surface area contributed by atoms with Crippen LogP contribution >= 0.6 is 11.8 Å². The van der Waals surface area contributed by atoms with Crippen molar-refractivity contribution in [1.29, 1.82) is 0 Å². The van der Waals surface area contributed by atoms with Gasteiger partial charge in [-0.25, -0.2) is 13.1 Å². The maximum atomic E-state index is 13.1. The average molecular weight is 779 g/mol. The van der Waals surface area contributed by atoms with Gasteiger partial charge in [-0.2, -0.15) is 0 Å². The Morgan fingerprint density at radius 3 is 2.47 bits per heavy atom. The van der Waals surface area contributed by atoms with E-state index in [2.05, 4.69) is 43.3 Å². The van der Waals surface area contributed by atoms with Crippen LogP contribution in [0.25, 0.3) is 0 Å². The van der Waals surface area contributed by atoms with Crippen LogP contribution in [0.5, 0.6) is 5.75 Å². The van der Waals surface area contributed by atoms with Crippen LogP contribution in [0.15, 0.2) is 113 Å². The highest BCUT2D eigenvalue weighted by molar-refractivity contribution is 7.99. The van der Waals surface area contributed by atoms with Crippen LogP contribution in [0.4, 0.5) is 17.2 Å². The molecule has 3 heterocycles. The van der Waals surface area contributed by atoms with Crippen molar-refractivity contribution in [3.63, 3.8) is 0 Å². The summed E-state index contributed by atoms with van der Waals surface area (Å²) in [6.45, 7) is 6.41. The monoisotopic (exact) mass is 778 g/mol. The van der Waals surface area contributed by atoms with Crippen molar-refractivity contribution in [2.24, 2.45) is 0 Å². The van der Waals surface area contributed by atoms with E-state index in [0.717, 1.165) is 40.7 Å². The van der Waals surface area contributed by atoms with Crippen LogP contribution in [-0.2, 0) is 16.6 Å². The number of sulfonamides is 1. The SMILES string of the molecule is CCOc1cncc(C#Cc2ccccc2CN2CCN(c3ccc(C(=O)NS(=O)(=O)c4ccc(NCCSc5ccccc5)c([N+](=O)[O-])c4)nn3)CC2)c1. The Hall–Kier alpha value is -6.02. The zero-order chi connectivity index (χ0) is 38.6. The zero-order valence-electron chi connectivity index (χ0n) is 29.9. The van der Waals surface area contributed by atoms with Crippen LogP contribution in [0.2, 0.25) is 0 Å². The summed E-state index contributed by atoms with van der Waals surface area (Å²) in [6.07, 6.45) is 3.38. The summed E-state index contributed by atoms with van der Waals surface area (Å²) in [4.78, 5) is 33.3. The highest BCUT2D eigenvalue weighted by Gasteiger charge is 2.25. The first-order chi connectivity index (χ1) is 26.7. The molecule has 1 fully saturated rings. The third-order valence-electron chi connectivity index (χ3n) is 8.49. The third kappa shape index (κ3) is 10.6. The lowest BCUT2D eigenvalue weighted by molar-refractivity contribution is -0.384. The van der Waals surface area contributed by atoms with Gasteiger partial charge in [0.2, 0.25) is 0 Å². The molecule has 0 atom stereocenters. The molecule has 16 heteroatoms. The number of carbonyl (C=O) groups is 1. The van der Waals surface area contributed by atoms with Crippen LogP contribution in [0.1, 0.15) is 34.1 Å². The number of hydrogen-bond donors (Lipinski definition) is 2. The second-order valence-corrected chi connectivity index (χ2v) is 15.1. The van der Waals surface area contributed by atoms with Crippen molar-refractivity contribution in [3.8, 4) is 17.6 Å². The van der Waals surface area contributed by atoms with Crippen molar-refractivity contribution in [2.45, 2.75) is 23.3 Å². The Kier molecular flexibility index (Phi) is 12.9. The molecule has 14 nitrogen and oxygen atoms in total. The van der Waals surface area contributed by atoms with Gasteiger partial charge >= 0.3 is 0 Å². The number of ether oxygens (including phenoxy) is 1. The van der Waals surface area contributed by atoms with Crippen molar-refractivity contribution >= 4 is 44.9 Å². The van der Waals surface area contributed by atoms with E-state index >= 15 is 0 Å². The van der Waals surface area contributed by atoms with Gasteiger partial charge in [-0.15, -0.1) is 22.0 Å². The van der Waals surface area contributed by atoms with Gasteiger partial charge in [0.05, 0.1) is 22.6 Å². The van der Waals surface area contributed by atoms with E-state index in [1.165, 1.54) is 18.2 Å². The molecule has 0 aliphatic carbocycles. The van der Waals surface area contributed by atoms with Gasteiger partial charge in [0.25, 0.3) is 21.6 Å². The van der Waals surface area contributed by atoms with Crippen LogP contribution in [-0.4, -0.2) is 84.4 Å². The van der Waals surface area contributed by atoms with Crippen molar-refractivity contribution in [2.75, 3.05) is 55.3 Å². The van der Waals surface area contributed by atoms with Crippen molar-refractivity contribution in [1.82, 2.24) is 24.8 Å². The Bertz CT molecular complexity index is 2290. The van der Waals surface area contributed by atoms with Gasteiger partial charge < -0.3 is 15.0 Å². The molecule has 6 rings (SSSR count). The number of benzene rings is 3. The Labute approximate surface area is 323 Å². The lowest BCUT2D eigenvalue weighted by atomic mass is 10.1. The highest BCUT2D eigenvalue weighted by Crippen LogP contribution is 2.28. The van der Waals surface area contributed by atoms with E-state index < -0.39 is 31.4 Å². The molecule has 55 heavy (non-hydrogen) atoms. The molecule has 1 aliphatic rings. The molecule has 0 bridgehead atoms. The predicted octanol–water partition coefficient (Wildman–Crippen LogP) is 5.22. The van der Waals surface area contributed by atoms with Crippen LogP contribution in [0.3, 0.4) is 0 Å². The number of piperazine rings is 1. The van der Waals surface area contributed by atoms with E-state index in [4.69, 9.17) is 4.74 Å². The van der Waals surface area contributed by atoms with Gasteiger partial charge in [0, 0.05) is 73.3 Å². The summed E-state index contributed by atoms with van der Waals surface area (Å²) in [7, 11) is -4.47. The molecule has 2 aromatic heterocycles. The first-order valence-electron chi connectivity index (χ1n) is 17.4. The molecular formula is C39H38N8O6S2. The van der Waals surface area contributed by atoms with E-state index in [1.807, 2.05) is 71.1 Å². The minimum atomic E-state index is -4.47. The van der Waals surface area contributed by atoms with Gasteiger partial charge in [-0.3, -0.25) is 24.8 Å². The summed E-state index contributed by atoms with van der Waals surface area (Å²) in [5.41, 5.74) is 2.34. The van der Waals surface area contributed by atoms with Crippen LogP contribution < -0.4 is 19.7 Å². The molecule has 5 aromatic rings. The van der Waals surface area contributed by atoms with E-state index in [0.29, 0.717) is 50.1 Å². The quantitative estimate of drug-likeness (QED) is 0.0495. The number of hydrogen-bond acceptors (Lipinski definition) is 13. The summed E-state index contributed by atoms with van der Waals surface area (Å²) in [5, 5.41) is 23.0. The fourth-order valence-electron chi connectivity index (χ4n) is 5.73. The number of aromatic nitrogens is 3. The van der Waals surface area contributed by atoms with Crippen molar-refractivity contribution in [3.05, 3.63) is 136 Å². The molecule has 2 N–H and O–H groups in total. The Balaban J connectivity index is 1.01. The number of carbonyl (C=O) groups excluding carboxylic acids is 1. The number of nitro groups is 1. The number of anilines is 2. The second kappa shape index (κ2) is 18.3. The number of rotatable bonds is 14. The molecule has 282 valence electrons. The van der Waals surface area contributed by atoms with Gasteiger partial charge in [0.15, 0.2) is 11.5 Å². The molecule has 3 aromatic carbocycles. The standard InChI is InChI=1S/C39H38N8O6S2/c1-2-53-32-24-29(26-40-27-32)12-13-30-8-6-7-9-31(30)28-45-19-21-46(22-20-45)38-17-16-36(42-43-38)39(48)44-55(51,52)34-14-15-35(37(25-34)47(49)50)41-18-23-54-33-10-4-3-5-11-33/h3-11,14-17,24-27,41H,2,18-23,28H2,1H3,(H,44,48). The lowest BCUT2D eigenvalue weighted by Crippen LogP contribution is -2.46. The third-order valence-corrected chi connectivity index (χ3v) is 10.8. The molecular weight excluding hydrogens is 741 g/mol. The minimum Gasteiger partial charge on any atom is -0.492 e. The molecule has 0 unspecified atom stereocenters. The fourth-order valence-corrected chi connectivity index (χ4v) is 7.50. The van der Waals surface area contributed by atoms with Gasteiger partial charge in [0.1, 0.15) is 11.4 Å². The number of pyridine rings is 1. The van der Waals surface area contributed by atoms with Crippen LogP contribution in [0, 0.1) is 22.0 Å². The second-order valence-electron chi connectivity index (χ2n) is 12.2. The molecule has 0 spiro atoms. The summed E-state index contributed by atoms with van der Waals surface area (Å²) >= 11 is 1.58. The maximum Gasteiger partial charge on any atom is 0.293 e. The number of nitro benzene ring substituents is 1. The minimum absolute atomic E-state index is 0.166. The van der Waals surface area contributed by atoms with E-state index in [9.17, 15) is 23.3 Å². The number of amides is 1. The molecule has 0 radical (unpaired) electrons. The first-order valence-corrected chi connectivity index (χ1v) is 19.9. The molecule has 1 saturated heterocycles. The van der Waals surface area contributed by atoms with E-state index in [1.54, 1.807) is 30.2 Å². The smallest absolute Gasteiger partial charge is 0.293 e. The largest absolute Gasteiger partial charge is 0.492 e. The summed E-state index contributed by atoms with van der Waals surface area (Å²) in [5.74, 6) is 7.33. The summed E-state index contributed by atoms with van der Waals surface area (Å²) < 4.78 is 33.7. The predicted molar refractivity (Wildman–Crippen MR) is 211 cm³/mol. The highest BCUT2D eigenvalue weighted by atomic mass is 32.2.